The van der Waals surface area contributed by atoms with Gasteiger partial charge in [-0.2, -0.15) is 4.31 Å². The van der Waals surface area contributed by atoms with Gasteiger partial charge in [0.25, 0.3) is 0 Å². The van der Waals surface area contributed by atoms with Gasteiger partial charge in [-0.05, 0) is 12.5 Å². The lowest BCUT2D eigenvalue weighted by Crippen LogP contribution is -2.29. The molecule has 0 saturated carbocycles. The van der Waals surface area contributed by atoms with Gasteiger partial charge in [-0.1, -0.05) is 0 Å². The molecule has 0 spiro atoms. The van der Waals surface area contributed by atoms with Gasteiger partial charge < -0.3 is 14.4 Å². The van der Waals surface area contributed by atoms with Gasteiger partial charge in [0, 0.05) is 33.4 Å². The van der Waals surface area contributed by atoms with Crippen molar-refractivity contribution in [1.29, 1.82) is 0 Å². The number of carboxylic acids is 1. The third kappa shape index (κ3) is 2.51. The van der Waals surface area contributed by atoms with Crippen LogP contribution in [0.25, 0.3) is 0 Å². The van der Waals surface area contributed by atoms with E-state index >= 15 is 0 Å². The number of hydrogen-bond acceptors (Lipinski definition) is 4. The SMILES string of the molecule is COC1CCN(S(=O)(=O)c2cc(C(=O)O)n(C)c2)C1. The monoisotopic (exact) mass is 288 g/mol. The molecule has 1 aliphatic heterocycles. The molecule has 2 rings (SSSR count). The summed E-state index contributed by atoms with van der Waals surface area (Å²) < 4.78 is 32.4. The Morgan fingerprint density at radius 2 is 2.21 bits per heavy atom. The van der Waals surface area contributed by atoms with Crippen LogP contribution in [0.3, 0.4) is 0 Å². The smallest absolute Gasteiger partial charge is 0.352 e. The number of nitrogens with zero attached hydrogens (tertiary/aromatic N) is 2. The maximum Gasteiger partial charge on any atom is 0.352 e. The van der Waals surface area contributed by atoms with Crippen molar-refractivity contribution in [3.8, 4) is 0 Å². The van der Waals surface area contributed by atoms with Crippen molar-refractivity contribution in [2.45, 2.75) is 17.4 Å². The average molecular weight is 288 g/mol. The van der Waals surface area contributed by atoms with Gasteiger partial charge in [-0.25, -0.2) is 13.2 Å². The molecule has 7 nitrogen and oxygen atoms in total. The standard InChI is InChI=1S/C11H16N2O5S/c1-12-7-9(5-10(12)11(14)15)19(16,17)13-4-3-8(6-13)18-2/h5,7-8H,3-4,6H2,1-2H3,(H,14,15). The first-order valence-electron chi connectivity index (χ1n) is 5.79. The molecule has 2 heterocycles. The van der Waals surface area contributed by atoms with Crippen LogP contribution in [-0.4, -0.2) is 54.7 Å². The van der Waals surface area contributed by atoms with Crippen molar-refractivity contribution in [1.82, 2.24) is 8.87 Å². The van der Waals surface area contributed by atoms with Crippen LogP contribution >= 0.6 is 0 Å². The van der Waals surface area contributed by atoms with E-state index in [2.05, 4.69) is 0 Å². The molecule has 8 heteroatoms. The van der Waals surface area contributed by atoms with Crippen molar-refractivity contribution in [2.24, 2.45) is 7.05 Å². The lowest BCUT2D eigenvalue weighted by atomic mass is 10.3. The molecule has 0 bridgehead atoms. The van der Waals surface area contributed by atoms with E-state index < -0.39 is 16.0 Å². The molecule has 1 saturated heterocycles. The maximum absolute atomic E-state index is 12.3. The highest BCUT2D eigenvalue weighted by Gasteiger charge is 2.33. The van der Waals surface area contributed by atoms with Crippen molar-refractivity contribution in [2.75, 3.05) is 20.2 Å². The van der Waals surface area contributed by atoms with Crippen LogP contribution in [0.2, 0.25) is 0 Å². The topological polar surface area (TPSA) is 88.8 Å². The average Bonchev–Trinajstić information content (AvgIpc) is 2.95. The third-order valence-corrected chi connectivity index (χ3v) is 5.11. The van der Waals surface area contributed by atoms with E-state index in [1.165, 1.54) is 28.2 Å². The van der Waals surface area contributed by atoms with Gasteiger partial charge in [0.15, 0.2) is 0 Å². The van der Waals surface area contributed by atoms with Gasteiger partial charge in [-0.3, -0.25) is 0 Å². The first-order chi connectivity index (χ1) is 8.86. The van der Waals surface area contributed by atoms with E-state index in [1.54, 1.807) is 7.11 Å². The summed E-state index contributed by atoms with van der Waals surface area (Å²) in [5.41, 5.74) is -0.0546. The van der Waals surface area contributed by atoms with E-state index in [1.807, 2.05) is 0 Å². The van der Waals surface area contributed by atoms with Gasteiger partial charge >= 0.3 is 5.97 Å². The summed E-state index contributed by atoms with van der Waals surface area (Å²) in [6.45, 7) is 0.689. The molecule has 1 unspecified atom stereocenters. The molecule has 0 radical (unpaired) electrons. The second kappa shape index (κ2) is 4.95. The number of aromatic carboxylic acids is 1. The number of carbonyl (C=O) groups is 1. The molecule has 1 aromatic heterocycles. The fourth-order valence-electron chi connectivity index (χ4n) is 2.15. The van der Waals surface area contributed by atoms with Crippen LogP contribution < -0.4 is 0 Å². The van der Waals surface area contributed by atoms with E-state index in [9.17, 15) is 13.2 Å². The Labute approximate surface area is 111 Å². The molecule has 1 fully saturated rings. The minimum Gasteiger partial charge on any atom is -0.477 e. The van der Waals surface area contributed by atoms with Gasteiger partial charge in [-0.15, -0.1) is 0 Å². The Morgan fingerprint density at radius 3 is 2.68 bits per heavy atom. The first-order valence-corrected chi connectivity index (χ1v) is 7.23. The fourth-order valence-corrected chi connectivity index (χ4v) is 3.70. The molecule has 1 atom stereocenters. The van der Waals surface area contributed by atoms with Crippen molar-refractivity contribution < 1.29 is 23.1 Å². The van der Waals surface area contributed by atoms with E-state index in [4.69, 9.17) is 9.84 Å². The quantitative estimate of drug-likeness (QED) is 0.851. The fraction of sp³-hybridized carbons (Fsp3) is 0.545. The van der Waals surface area contributed by atoms with Gasteiger partial charge in [0.05, 0.1) is 6.10 Å². The second-order valence-electron chi connectivity index (χ2n) is 4.49. The highest BCUT2D eigenvalue weighted by Crippen LogP contribution is 2.23. The number of ether oxygens (including phenoxy) is 1. The second-order valence-corrected chi connectivity index (χ2v) is 6.42. The zero-order valence-corrected chi connectivity index (χ0v) is 11.6. The predicted octanol–water partition coefficient (Wildman–Crippen LogP) is 0.133. The Hall–Kier alpha value is -1.38. The zero-order valence-electron chi connectivity index (χ0n) is 10.7. The number of aromatic nitrogens is 1. The van der Waals surface area contributed by atoms with Crippen molar-refractivity contribution in [3.63, 3.8) is 0 Å². The molecule has 1 N–H and O–H groups in total. The lowest BCUT2D eigenvalue weighted by Gasteiger charge is -2.14. The normalized spacial score (nSPS) is 20.8. The molecule has 0 amide bonds. The molecule has 1 aliphatic rings. The molecule has 1 aromatic rings. The third-order valence-electron chi connectivity index (χ3n) is 3.28. The van der Waals surface area contributed by atoms with Crippen LogP contribution in [0.15, 0.2) is 17.2 Å². The Balaban J connectivity index is 2.30. The maximum atomic E-state index is 12.3. The summed E-state index contributed by atoms with van der Waals surface area (Å²) >= 11 is 0. The van der Waals surface area contributed by atoms with E-state index in [0.29, 0.717) is 19.5 Å². The summed E-state index contributed by atoms with van der Waals surface area (Å²) in [7, 11) is -0.596. The predicted molar refractivity (Wildman–Crippen MR) is 66.5 cm³/mol. The zero-order chi connectivity index (χ0) is 14.2. The Bertz CT molecular complexity index is 592. The molecular weight excluding hydrogens is 272 g/mol. The van der Waals surface area contributed by atoms with Crippen LogP contribution in [0.4, 0.5) is 0 Å². The number of aryl methyl sites for hydroxylation is 1. The molecule has 19 heavy (non-hydrogen) atoms. The van der Waals surface area contributed by atoms with Crippen LogP contribution in [0, 0.1) is 0 Å². The number of rotatable bonds is 4. The lowest BCUT2D eigenvalue weighted by molar-refractivity contribution is 0.0686. The van der Waals surface area contributed by atoms with Crippen LogP contribution in [0.1, 0.15) is 16.9 Å². The number of hydrogen-bond donors (Lipinski definition) is 1. The molecular formula is C11H16N2O5S. The molecule has 0 aromatic carbocycles. The van der Waals surface area contributed by atoms with E-state index in [-0.39, 0.29) is 16.7 Å². The number of methoxy groups -OCH3 is 1. The number of sulfonamides is 1. The minimum absolute atomic E-state index is 0.00385. The summed E-state index contributed by atoms with van der Waals surface area (Å²) in [6.07, 6.45) is 1.87. The largest absolute Gasteiger partial charge is 0.477 e. The van der Waals surface area contributed by atoms with Gasteiger partial charge in [0.1, 0.15) is 10.6 Å². The summed E-state index contributed by atoms with van der Waals surface area (Å²) in [6, 6.07) is 1.18. The highest BCUT2D eigenvalue weighted by atomic mass is 32.2. The van der Waals surface area contributed by atoms with Crippen molar-refractivity contribution >= 4 is 16.0 Å². The number of carboxylic acid groups (broad SMARTS) is 1. The van der Waals surface area contributed by atoms with Crippen molar-refractivity contribution in [3.05, 3.63) is 18.0 Å². The Kier molecular flexibility index (Phi) is 3.66. The van der Waals surface area contributed by atoms with Gasteiger partial charge in [0.2, 0.25) is 10.0 Å². The molecule has 0 aliphatic carbocycles. The first kappa shape index (κ1) is 14.0. The summed E-state index contributed by atoms with van der Waals surface area (Å²) in [4.78, 5) is 10.9. The van der Waals surface area contributed by atoms with E-state index in [0.717, 1.165) is 0 Å². The minimum atomic E-state index is -3.65. The van der Waals surface area contributed by atoms with Crippen LogP contribution in [-0.2, 0) is 21.8 Å². The summed E-state index contributed by atoms with van der Waals surface area (Å²) in [5.74, 6) is -1.15. The summed E-state index contributed by atoms with van der Waals surface area (Å²) in [5, 5.41) is 8.94. The Morgan fingerprint density at radius 1 is 1.53 bits per heavy atom. The highest BCUT2D eigenvalue weighted by molar-refractivity contribution is 7.89. The van der Waals surface area contributed by atoms with Crippen LogP contribution in [0.5, 0.6) is 0 Å². The molecule has 106 valence electrons.